The molecule has 0 aliphatic carbocycles. The third kappa shape index (κ3) is 4.47. The van der Waals surface area contributed by atoms with Crippen molar-refractivity contribution in [3.8, 4) is 11.5 Å². The number of carbonyl (C=O) groups is 2. The van der Waals surface area contributed by atoms with Crippen molar-refractivity contribution in [2.75, 3.05) is 20.8 Å². The first kappa shape index (κ1) is 16.4. The highest BCUT2D eigenvalue weighted by Gasteiger charge is 2.14. The van der Waals surface area contributed by atoms with Crippen LogP contribution in [0.4, 0.5) is 0 Å². The zero-order chi connectivity index (χ0) is 16.7. The lowest BCUT2D eigenvalue weighted by atomic mass is 10.1. The first-order chi connectivity index (χ1) is 11.1. The lowest BCUT2D eigenvalue weighted by Gasteiger charge is -2.09. The van der Waals surface area contributed by atoms with Gasteiger partial charge in [0.2, 0.25) is 5.78 Å². The number of carbonyl (C=O) groups excluding carboxylic acids is 2. The summed E-state index contributed by atoms with van der Waals surface area (Å²) in [5.41, 5.74) is 0.316. The molecule has 0 saturated heterocycles. The Balaban J connectivity index is 1.95. The van der Waals surface area contributed by atoms with Crippen LogP contribution in [0.15, 0.2) is 47.1 Å². The summed E-state index contributed by atoms with van der Waals surface area (Å²) in [6, 6.07) is 8.18. The molecule has 0 saturated carbocycles. The van der Waals surface area contributed by atoms with Gasteiger partial charge in [-0.2, -0.15) is 0 Å². The van der Waals surface area contributed by atoms with Gasteiger partial charge >= 0.3 is 5.97 Å². The molecular weight excluding hydrogens is 300 g/mol. The first-order valence-electron chi connectivity index (χ1n) is 6.77. The Morgan fingerprint density at radius 1 is 1.17 bits per heavy atom. The number of Topliss-reactive ketones (excluding diaryl/α,β-unsaturated/α-hetero) is 1. The summed E-state index contributed by atoms with van der Waals surface area (Å²) in [5, 5.41) is 0. The summed E-state index contributed by atoms with van der Waals surface area (Å²) >= 11 is 0. The molecular formula is C17H16O6. The van der Waals surface area contributed by atoms with Gasteiger partial charge in [-0.05, 0) is 30.3 Å². The Morgan fingerprint density at radius 2 is 2.00 bits per heavy atom. The molecule has 0 bridgehead atoms. The second kappa shape index (κ2) is 7.84. The molecule has 0 aliphatic rings. The van der Waals surface area contributed by atoms with Crippen LogP contribution < -0.4 is 9.47 Å². The molecule has 120 valence electrons. The molecule has 2 aromatic rings. The lowest BCUT2D eigenvalue weighted by molar-refractivity contribution is -0.136. The summed E-state index contributed by atoms with van der Waals surface area (Å²) in [6.07, 6.45) is 4.14. The molecule has 1 aromatic carbocycles. The lowest BCUT2D eigenvalue weighted by Crippen LogP contribution is -2.13. The SMILES string of the molecule is COc1ccc(C(=O)COC(=O)/C=C/c2ccco2)c(OC)c1. The third-order valence-corrected chi connectivity index (χ3v) is 2.98. The number of esters is 1. The van der Waals surface area contributed by atoms with Gasteiger partial charge in [0.05, 0.1) is 26.0 Å². The van der Waals surface area contributed by atoms with Crippen molar-refractivity contribution in [1.82, 2.24) is 0 Å². The van der Waals surface area contributed by atoms with E-state index in [1.165, 1.54) is 32.6 Å². The number of ketones is 1. The number of hydrogen-bond acceptors (Lipinski definition) is 6. The van der Waals surface area contributed by atoms with Gasteiger partial charge in [-0.3, -0.25) is 4.79 Å². The Hall–Kier alpha value is -3.02. The zero-order valence-electron chi connectivity index (χ0n) is 12.8. The molecule has 1 aromatic heterocycles. The van der Waals surface area contributed by atoms with Gasteiger partial charge in [0.25, 0.3) is 0 Å². The fraction of sp³-hybridized carbons (Fsp3) is 0.176. The fourth-order valence-corrected chi connectivity index (χ4v) is 1.83. The van der Waals surface area contributed by atoms with E-state index in [2.05, 4.69) is 0 Å². The minimum atomic E-state index is -0.637. The number of furan rings is 1. The third-order valence-electron chi connectivity index (χ3n) is 2.98. The van der Waals surface area contributed by atoms with Gasteiger partial charge in [-0.1, -0.05) is 0 Å². The van der Waals surface area contributed by atoms with Crippen molar-refractivity contribution in [3.63, 3.8) is 0 Å². The molecule has 0 amide bonds. The second-order valence-corrected chi connectivity index (χ2v) is 4.45. The molecule has 1 heterocycles. The fourth-order valence-electron chi connectivity index (χ4n) is 1.83. The highest BCUT2D eigenvalue weighted by molar-refractivity contribution is 6.01. The Labute approximate surface area is 133 Å². The Bertz CT molecular complexity index is 700. The van der Waals surface area contributed by atoms with Crippen LogP contribution in [0.3, 0.4) is 0 Å². The predicted octanol–water partition coefficient (Wildman–Crippen LogP) is 2.74. The highest BCUT2D eigenvalue weighted by atomic mass is 16.5. The summed E-state index contributed by atoms with van der Waals surface area (Å²) in [5.74, 6) is 0.435. The number of benzene rings is 1. The second-order valence-electron chi connectivity index (χ2n) is 4.45. The van der Waals surface area contributed by atoms with E-state index < -0.39 is 5.97 Å². The van der Waals surface area contributed by atoms with Crippen LogP contribution in [0.5, 0.6) is 11.5 Å². The van der Waals surface area contributed by atoms with Crippen molar-refractivity contribution in [2.24, 2.45) is 0 Å². The number of methoxy groups -OCH3 is 2. The van der Waals surface area contributed by atoms with Crippen LogP contribution in [0.25, 0.3) is 6.08 Å². The van der Waals surface area contributed by atoms with Crippen molar-refractivity contribution in [2.45, 2.75) is 0 Å². The van der Waals surface area contributed by atoms with E-state index in [9.17, 15) is 9.59 Å². The maximum Gasteiger partial charge on any atom is 0.331 e. The predicted molar refractivity (Wildman–Crippen MR) is 82.6 cm³/mol. The summed E-state index contributed by atoms with van der Waals surface area (Å²) in [4.78, 5) is 23.7. The average Bonchev–Trinajstić information content (AvgIpc) is 3.10. The molecule has 0 aliphatic heterocycles. The van der Waals surface area contributed by atoms with E-state index in [0.29, 0.717) is 22.8 Å². The van der Waals surface area contributed by atoms with Crippen LogP contribution in [0.2, 0.25) is 0 Å². The molecule has 0 spiro atoms. The topological polar surface area (TPSA) is 75.0 Å². The zero-order valence-corrected chi connectivity index (χ0v) is 12.8. The van der Waals surface area contributed by atoms with Crippen molar-refractivity contribution in [1.29, 1.82) is 0 Å². The van der Waals surface area contributed by atoms with Crippen LogP contribution in [0.1, 0.15) is 16.1 Å². The average molecular weight is 316 g/mol. The van der Waals surface area contributed by atoms with E-state index in [1.807, 2.05) is 0 Å². The summed E-state index contributed by atoms with van der Waals surface area (Å²) in [7, 11) is 2.97. The summed E-state index contributed by atoms with van der Waals surface area (Å²) < 4.78 is 20.2. The molecule has 0 N–H and O–H groups in total. The molecule has 23 heavy (non-hydrogen) atoms. The molecule has 0 unspecified atom stereocenters. The van der Waals surface area contributed by atoms with Crippen LogP contribution in [-0.4, -0.2) is 32.6 Å². The summed E-state index contributed by atoms with van der Waals surface area (Å²) in [6.45, 7) is -0.385. The Kier molecular flexibility index (Phi) is 5.57. The van der Waals surface area contributed by atoms with Gasteiger partial charge in [-0.25, -0.2) is 4.79 Å². The first-order valence-corrected chi connectivity index (χ1v) is 6.77. The van der Waals surface area contributed by atoms with E-state index >= 15 is 0 Å². The maximum absolute atomic E-state index is 12.1. The standard InChI is InChI=1S/C17H16O6/c1-20-13-5-7-14(16(10-13)21-2)15(18)11-23-17(19)8-6-12-4-3-9-22-12/h3-10H,11H2,1-2H3/b8-6+. The minimum Gasteiger partial charge on any atom is -0.497 e. The van der Waals surface area contributed by atoms with E-state index in [0.717, 1.165) is 0 Å². The van der Waals surface area contributed by atoms with Gasteiger partial charge < -0.3 is 18.6 Å². The molecule has 0 atom stereocenters. The van der Waals surface area contributed by atoms with Crippen LogP contribution >= 0.6 is 0 Å². The molecule has 0 fully saturated rings. The highest BCUT2D eigenvalue weighted by Crippen LogP contribution is 2.24. The van der Waals surface area contributed by atoms with Crippen LogP contribution in [0, 0.1) is 0 Å². The molecule has 6 heteroatoms. The normalized spacial score (nSPS) is 10.5. The van der Waals surface area contributed by atoms with Crippen molar-refractivity contribution in [3.05, 3.63) is 54.0 Å². The number of ether oxygens (including phenoxy) is 3. The van der Waals surface area contributed by atoms with E-state index in [-0.39, 0.29) is 12.4 Å². The van der Waals surface area contributed by atoms with Crippen molar-refractivity contribution >= 4 is 17.8 Å². The molecule has 2 rings (SSSR count). The largest absolute Gasteiger partial charge is 0.497 e. The Morgan fingerprint density at radius 3 is 2.65 bits per heavy atom. The van der Waals surface area contributed by atoms with E-state index in [1.54, 1.807) is 30.3 Å². The maximum atomic E-state index is 12.1. The van der Waals surface area contributed by atoms with Gasteiger partial charge in [0.15, 0.2) is 6.61 Å². The smallest absolute Gasteiger partial charge is 0.331 e. The number of rotatable bonds is 7. The minimum absolute atomic E-state index is 0.316. The van der Waals surface area contributed by atoms with Gasteiger partial charge in [-0.15, -0.1) is 0 Å². The quantitative estimate of drug-likeness (QED) is 0.444. The van der Waals surface area contributed by atoms with Crippen molar-refractivity contribution < 1.29 is 28.2 Å². The van der Waals surface area contributed by atoms with Crippen LogP contribution in [-0.2, 0) is 9.53 Å². The van der Waals surface area contributed by atoms with Gasteiger partial charge in [0.1, 0.15) is 17.3 Å². The number of hydrogen-bond donors (Lipinski definition) is 0. The van der Waals surface area contributed by atoms with Gasteiger partial charge in [0, 0.05) is 12.1 Å². The van der Waals surface area contributed by atoms with E-state index in [4.69, 9.17) is 18.6 Å². The monoisotopic (exact) mass is 316 g/mol. The molecule has 6 nitrogen and oxygen atoms in total. The molecule has 0 radical (unpaired) electrons.